The maximum absolute atomic E-state index is 12.2. The van der Waals surface area contributed by atoms with Gasteiger partial charge in [0, 0.05) is 26.3 Å². The Morgan fingerprint density at radius 1 is 1.43 bits per heavy atom. The summed E-state index contributed by atoms with van der Waals surface area (Å²) in [6.07, 6.45) is 5.24. The minimum absolute atomic E-state index is 0.0428. The summed E-state index contributed by atoms with van der Waals surface area (Å²) in [5.74, 6) is 0. The maximum atomic E-state index is 12.2. The number of hydrogen-bond acceptors (Lipinski definition) is 5. The molecule has 0 saturated carbocycles. The second kappa shape index (κ2) is 8.14. The van der Waals surface area contributed by atoms with Crippen LogP contribution in [0.25, 0.3) is 0 Å². The molecule has 1 saturated heterocycles. The highest BCUT2D eigenvalue weighted by Crippen LogP contribution is 2.16. The van der Waals surface area contributed by atoms with Crippen LogP contribution in [0.3, 0.4) is 0 Å². The lowest BCUT2D eigenvalue weighted by Gasteiger charge is -2.20. The van der Waals surface area contributed by atoms with E-state index in [9.17, 15) is 4.79 Å². The zero-order chi connectivity index (χ0) is 15.1. The minimum atomic E-state index is -0.0428. The lowest BCUT2D eigenvalue weighted by atomic mass is 10.3. The fraction of sp³-hybridized carbons (Fsp3) is 0.733. The van der Waals surface area contributed by atoms with E-state index < -0.39 is 0 Å². The third-order valence-electron chi connectivity index (χ3n) is 3.77. The van der Waals surface area contributed by atoms with Gasteiger partial charge in [0.05, 0.1) is 31.1 Å². The Bertz CT molecular complexity index is 483. The third-order valence-corrected chi connectivity index (χ3v) is 3.77. The van der Waals surface area contributed by atoms with Gasteiger partial charge in [-0.15, -0.1) is 0 Å². The van der Waals surface area contributed by atoms with Gasteiger partial charge in [-0.3, -0.25) is 4.79 Å². The molecule has 1 N–H and O–H groups in total. The summed E-state index contributed by atoms with van der Waals surface area (Å²) < 4.78 is 6.72. The zero-order valence-corrected chi connectivity index (χ0v) is 13.0. The fourth-order valence-electron chi connectivity index (χ4n) is 2.64. The fourth-order valence-corrected chi connectivity index (χ4v) is 2.64. The van der Waals surface area contributed by atoms with E-state index in [1.807, 2.05) is 0 Å². The van der Waals surface area contributed by atoms with Crippen molar-refractivity contribution in [3.8, 4) is 0 Å². The van der Waals surface area contributed by atoms with E-state index in [2.05, 4.69) is 22.2 Å². The van der Waals surface area contributed by atoms with Gasteiger partial charge < -0.3 is 15.0 Å². The molecule has 1 aromatic heterocycles. The molecule has 2 rings (SSSR count). The van der Waals surface area contributed by atoms with E-state index in [-0.39, 0.29) is 11.6 Å². The summed E-state index contributed by atoms with van der Waals surface area (Å²) in [6, 6.07) is 1.81. The van der Waals surface area contributed by atoms with E-state index in [0.29, 0.717) is 13.2 Å². The van der Waals surface area contributed by atoms with Gasteiger partial charge in [0.15, 0.2) is 0 Å². The van der Waals surface area contributed by atoms with E-state index in [0.717, 1.165) is 31.7 Å². The number of methoxy groups -OCH3 is 1. The van der Waals surface area contributed by atoms with Gasteiger partial charge >= 0.3 is 0 Å². The van der Waals surface area contributed by atoms with Crippen LogP contribution in [0.15, 0.2) is 17.1 Å². The normalized spacial score (nSPS) is 16.4. The molecule has 1 fully saturated rings. The first-order valence-electron chi connectivity index (χ1n) is 7.79. The van der Waals surface area contributed by atoms with Crippen molar-refractivity contribution in [1.29, 1.82) is 0 Å². The molecule has 6 heteroatoms. The van der Waals surface area contributed by atoms with Crippen molar-refractivity contribution in [3.63, 3.8) is 0 Å². The first-order valence-corrected chi connectivity index (χ1v) is 7.79. The highest BCUT2D eigenvalue weighted by molar-refractivity contribution is 5.43. The van der Waals surface area contributed by atoms with E-state index >= 15 is 0 Å². The van der Waals surface area contributed by atoms with Crippen LogP contribution in [0.4, 0.5) is 5.69 Å². The molecule has 0 amide bonds. The van der Waals surface area contributed by atoms with Crippen molar-refractivity contribution in [2.24, 2.45) is 0 Å². The number of hydrogen-bond donors (Lipinski definition) is 1. The summed E-state index contributed by atoms with van der Waals surface area (Å²) >= 11 is 0. The van der Waals surface area contributed by atoms with Gasteiger partial charge in [0.1, 0.15) is 0 Å². The average Bonchev–Trinajstić information content (AvgIpc) is 3.01. The van der Waals surface area contributed by atoms with Gasteiger partial charge in [-0.2, -0.15) is 5.10 Å². The molecule has 1 aromatic rings. The first-order chi connectivity index (χ1) is 10.2. The quantitative estimate of drug-likeness (QED) is 0.770. The Kier molecular flexibility index (Phi) is 6.20. The number of anilines is 1. The van der Waals surface area contributed by atoms with Crippen molar-refractivity contribution in [2.45, 2.75) is 38.8 Å². The molecule has 6 nitrogen and oxygen atoms in total. The lowest BCUT2D eigenvalue weighted by Crippen LogP contribution is -2.41. The Hall–Kier alpha value is -1.40. The predicted octanol–water partition coefficient (Wildman–Crippen LogP) is 0.858. The second-order valence-corrected chi connectivity index (χ2v) is 5.53. The Morgan fingerprint density at radius 3 is 2.81 bits per heavy atom. The van der Waals surface area contributed by atoms with Crippen LogP contribution in [-0.4, -0.2) is 49.2 Å². The molecule has 1 aliphatic heterocycles. The van der Waals surface area contributed by atoms with Crippen LogP contribution in [0, 0.1) is 0 Å². The van der Waals surface area contributed by atoms with Gasteiger partial charge in [-0.1, -0.05) is 6.92 Å². The van der Waals surface area contributed by atoms with Crippen molar-refractivity contribution in [3.05, 3.63) is 22.6 Å². The van der Waals surface area contributed by atoms with Crippen LogP contribution in [0.1, 0.15) is 26.2 Å². The number of aromatic nitrogens is 2. The summed E-state index contributed by atoms with van der Waals surface area (Å²) in [5, 5.41) is 7.70. The minimum Gasteiger partial charge on any atom is -0.383 e. The van der Waals surface area contributed by atoms with Crippen LogP contribution in [-0.2, 0) is 11.3 Å². The molecule has 0 aromatic carbocycles. The number of nitrogens with zero attached hydrogens (tertiary/aromatic N) is 3. The van der Waals surface area contributed by atoms with Gasteiger partial charge in [0.25, 0.3) is 5.56 Å². The third kappa shape index (κ3) is 4.54. The van der Waals surface area contributed by atoms with Crippen molar-refractivity contribution in [2.75, 3.05) is 38.3 Å². The molecule has 21 heavy (non-hydrogen) atoms. The Labute approximate surface area is 126 Å². The average molecular weight is 294 g/mol. The second-order valence-electron chi connectivity index (χ2n) is 5.53. The van der Waals surface area contributed by atoms with Crippen molar-refractivity contribution in [1.82, 2.24) is 15.1 Å². The van der Waals surface area contributed by atoms with E-state index in [1.54, 1.807) is 19.4 Å². The van der Waals surface area contributed by atoms with Gasteiger partial charge in [-0.25, -0.2) is 4.68 Å². The lowest BCUT2D eigenvalue weighted by molar-refractivity contribution is 0.156. The van der Waals surface area contributed by atoms with Crippen LogP contribution < -0.4 is 15.8 Å². The molecule has 0 aliphatic carbocycles. The Morgan fingerprint density at radius 2 is 2.19 bits per heavy atom. The van der Waals surface area contributed by atoms with Gasteiger partial charge in [-0.05, 0) is 25.8 Å². The summed E-state index contributed by atoms with van der Waals surface area (Å²) in [5.41, 5.74) is 0.900. The summed E-state index contributed by atoms with van der Waals surface area (Å²) in [7, 11) is 1.67. The molecular formula is C15H26N4O2. The predicted molar refractivity (Wildman–Crippen MR) is 83.9 cm³/mol. The number of rotatable bonds is 8. The maximum Gasteiger partial charge on any atom is 0.268 e. The highest BCUT2D eigenvalue weighted by atomic mass is 16.5. The summed E-state index contributed by atoms with van der Waals surface area (Å²) in [4.78, 5) is 14.4. The SMILES string of the molecule is CCCNC(COC)Cn1ncc(N2CCCC2)cc1=O. The van der Waals surface area contributed by atoms with Crippen LogP contribution >= 0.6 is 0 Å². The molecule has 118 valence electrons. The van der Waals surface area contributed by atoms with Gasteiger partial charge in [0.2, 0.25) is 0 Å². The Balaban J connectivity index is 2.03. The number of nitrogens with one attached hydrogen (secondary N) is 1. The largest absolute Gasteiger partial charge is 0.383 e. The first kappa shape index (κ1) is 16.0. The molecule has 1 unspecified atom stereocenters. The van der Waals surface area contributed by atoms with Crippen LogP contribution in [0.2, 0.25) is 0 Å². The molecule has 1 atom stereocenters. The van der Waals surface area contributed by atoms with Crippen LogP contribution in [0.5, 0.6) is 0 Å². The van der Waals surface area contributed by atoms with Crippen molar-refractivity contribution < 1.29 is 4.74 Å². The monoisotopic (exact) mass is 294 g/mol. The summed E-state index contributed by atoms with van der Waals surface area (Å²) in [6.45, 7) is 6.18. The van der Waals surface area contributed by atoms with E-state index in [1.165, 1.54) is 17.5 Å². The number of ether oxygens (including phenoxy) is 1. The molecule has 1 aliphatic rings. The molecular weight excluding hydrogens is 268 g/mol. The van der Waals surface area contributed by atoms with Crippen molar-refractivity contribution >= 4 is 5.69 Å². The highest BCUT2D eigenvalue weighted by Gasteiger charge is 2.15. The zero-order valence-electron chi connectivity index (χ0n) is 13.0. The molecule has 0 spiro atoms. The topological polar surface area (TPSA) is 59.4 Å². The standard InChI is InChI=1S/C15H26N4O2/c1-3-6-16-13(12-21-2)11-19-15(20)9-14(10-17-19)18-7-4-5-8-18/h9-10,13,16H,3-8,11-12H2,1-2H3. The smallest absolute Gasteiger partial charge is 0.268 e. The molecule has 0 radical (unpaired) electrons. The van der Waals surface area contributed by atoms with E-state index in [4.69, 9.17) is 4.74 Å². The molecule has 0 bridgehead atoms. The molecule has 2 heterocycles.